The summed E-state index contributed by atoms with van der Waals surface area (Å²) in [6.45, 7) is 0. The topological polar surface area (TPSA) is 0 Å². The lowest BCUT2D eigenvalue weighted by Crippen LogP contribution is -2.04. The van der Waals surface area contributed by atoms with Crippen LogP contribution in [-0.2, 0) is 0 Å². The Labute approximate surface area is 108 Å². The fraction of sp³-hybridized carbons (Fsp3) is 0.500. The lowest BCUT2D eigenvalue weighted by molar-refractivity contribution is 0.443. The van der Waals surface area contributed by atoms with Gasteiger partial charge in [0, 0.05) is 8.04 Å². The van der Waals surface area contributed by atoms with Crippen LogP contribution in [0.5, 0.6) is 0 Å². The molecule has 1 aromatic carbocycles. The van der Waals surface area contributed by atoms with E-state index in [4.69, 9.17) is 0 Å². The molecular weight excluding hydrogens is 351 g/mol. The maximum atomic E-state index is 3.55. The van der Waals surface area contributed by atoms with Crippen molar-refractivity contribution in [3.05, 3.63) is 31.8 Å². The second kappa shape index (κ2) is 4.97. The molecule has 0 spiro atoms. The molecule has 2 rings (SSSR count). The Hall–Kier alpha value is 0.430. The predicted molar refractivity (Wildman–Crippen MR) is 72.7 cm³/mol. The summed E-state index contributed by atoms with van der Waals surface area (Å²) in [7, 11) is 0. The first-order chi connectivity index (χ1) is 6.77. The molecule has 2 heteroatoms. The van der Waals surface area contributed by atoms with Gasteiger partial charge in [-0.25, -0.2) is 0 Å². The van der Waals surface area contributed by atoms with E-state index in [9.17, 15) is 0 Å². The molecule has 0 heterocycles. The summed E-state index contributed by atoms with van der Waals surface area (Å²) >= 11 is 5.95. The molecule has 1 aliphatic rings. The fourth-order valence-corrected chi connectivity index (χ4v) is 2.99. The van der Waals surface area contributed by atoms with Crippen LogP contribution >= 0.6 is 38.5 Å². The molecule has 0 aliphatic heterocycles. The lowest BCUT2D eigenvalue weighted by atomic mass is 9.84. The first kappa shape index (κ1) is 10.9. The van der Waals surface area contributed by atoms with Crippen molar-refractivity contribution in [2.24, 2.45) is 0 Å². The SMILES string of the molecule is Brc1ccc(C2CCCCC2)cc1I. The molecular formula is C12H14BrI. The zero-order chi connectivity index (χ0) is 9.97. The molecule has 14 heavy (non-hydrogen) atoms. The van der Waals surface area contributed by atoms with Gasteiger partial charge in [0.25, 0.3) is 0 Å². The Morgan fingerprint density at radius 2 is 1.86 bits per heavy atom. The molecule has 0 nitrogen and oxygen atoms in total. The smallest absolute Gasteiger partial charge is 0.0309 e. The summed E-state index contributed by atoms with van der Waals surface area (Å²) in [5.41, 5.74) is 1.54. The molecule has 0 atom stereocenters. The Bertz CT molecular complexity index is 316. The molecule has 1 fully saturated rings. The standard InChI is InChI=1S/C12H14BrI/c13-11-7-6-10(8-12(11)14)9-4-2-1-3-5-9/h6-9H,1-5H2. The van der Waals surface area contributed by atoms with Crippen LogP contribution in [0.3, 0.4) is 0 Å². The minimum atomic E-state index is 0.824. The Morgan fingerprint density at radius 3 is 2.50 bits per heavy atom. The van der Waals surface area contributed by atoms with Crippen molar-refractivity contribution in [1.29, 1.82) is 0 Å². The molecule has 0 aromatic heterocycles. The van der Waals surface area contributed by atoms with Gasteiger partial charge in [0.1, 0.15) is 0 Å². The zero-order valence-electron chi connectivity index (χ0n) is 8.10. The largest absolute Gasteiger partial charge is 0.0576 e. The first-order valence-electron chi connectivity index (χ1n) is 5.22. The van der Waals surface area contributed by atoms with Gasteiger partial charge in [0.2, 0.25) is 0 Å². The van der Waals surface area contributed by atoms with Gasteiger partial charge in [-0.05, 0) is 75.0 Å². The van der Waals surface area contributed by atoms with Gasteiger partial charge < -0.3 is 0 Å². The van der Waals surface area contributed by atoms with E-state index >= 15 is 0 Å². The number of hydrogen-bond donors (Lipinski definition) is 0. The van der Waals surface area contributed by atoms with E-state index in [2.05, 4.69) is 56.7 Å². The third kappa shape index (κ3) is 2.51. The van der Waals surface area contributed by atoms with Crippen LogP contribution in [0.15, 0.2) is 22.7 Å². The van der Waals surface area contributed by atoms with E-state index < -0.39 is 0 Å². The van der Waals surface area contributed by atoms with Gasteiger partial charge >= 0.3 is 0 Å². The van der Waals surface area contributed by atoms with Crippen LogP contribution in [0.4, 0.5) is 0 Å². The second-order valence-corrected chi connectivity index (χ2v) is 6.03. The van der Waals surface area contributed by atoms with E-state index in [-0.39, 0.29) is 0 Å². The summed E-state index contributed by atoms with van der Waals surface area (Å²) < 4.78 is 2.56. The Kier molecular flexibility index (Phi) is 3.88. The maximum absolute atomic E-state index is 3.55. The van der Waals surface area contributed by atoms with E-state index in [0.29, 0.717) is 0 Å². The molecule has 0 radical (unpaired) electrons. The average molecular weight is 365 g/mol. The highest BCUT2D eigenvalue weighted by Crippen LogP contribution is 2.34. The molecule has 0 bridgehead atoms. The Balaban J connectivity index is 2.18. The number of rotatable bonds is 1. The summed E-state index contributed by atoms with van der Waals surface area (Å²) in [6.07, 6.45) is 7.04. The van der Waals surface area contributed by atoms with E-state index in [1.54, 1.807) is 0 Å². The quantitative estimate of drug-likeness (QED) is 0.608. The minimum absolute atomic E-state index is 0.824. The van der Waals surface area contributed by atoms with Crippen molar-refractivity contribution in [1.82, 2.24) is 0 Å². The van der Waals surface area contributed by atoms with E-state index in [0.717, 1.165) is 5.92 Å². The van der Waals surface area contributed by atoms with Gasteiger partial charge in [-0.15, -0.1) is 0 Å². The molecule has 0 saturated heterocycles. The van der Waals surface area contributed by atoms with Gasteiger partial charge in [0.15, 0.2) is 0 Å². The third-order valence-corrected chi connectivity index (χ3v) is 5.35. The van der Waals surface area contributed by atoms with Crippen LogP contribution in [0.2, 0.25) is 0 Å². The van der Waals surface area contributed by atoms with Crippen molar-refractivity contribution < 1.29 is 0 Å². The molecule has 0 N–H and O–H groups in total. The minimum Gasteiger partial charge on any atom is -0.0576 e. The highest BCUT2D eigenvalue weighted by Gasteiger charge is 2.15. The van der Waals surface area contributed by atoms with Crippen LogP contribution in [0, 0.1) is 3.57 Å². The molecule has 1 aliphatic carbocycles. The molecule has 0 amide bonds. The summed E-state index contributed by atoms with van der Waals surface area (Å²) in [5.74, 6) is 0.824. The molecule has 1 saturated carbocycles. The summed E-state index contributed by atoms with van der Waals surface area (Å²) in [4.78, 5) is 0. The zero-order valence-corrected chi connectivity index (χ0v) is 11.8. The number of hydrogen-bond acceptors (Lipinski definition) is 0. The van der Waals surface area contributed by atoms with Gasteiger partial charge in [-0.1, -0.05) is 25.3 Å². The van der Waals surface area contributed by atoms with Gasteiger partial charge in [-0.3, -0.25) is 0 Å². The van der Waals surface area contributed by atoms with Crippen molar-refractivity contribution in [3.8, 4) is 0 Å². The Morgan fingerprint density at radius 1 is 1.14 bits per heavy atom. The first-order valence-corrected chi connectivity index (χ1v) is 7.09. The number of halogens is 2. The molecule has 76 valence electrons. The average Bonchev–Trinajstić information content (AvgIpc) is 2.23. The van der Waals surface area contributed by atoms with Crippen molar-refractivity contribution >= 4 is 38.5 Å². The van der Waals surface area contributed by atoms with Crippen molar-refractivity contribution in [3.63, 3.8) is 0 Å². The predicted octanol–water partition coefficient (Wildman–Crippen LogP) is 5.10. The summed E-state index contributed by atoms with van der Waals surface area (Å²) in [6, 6.07) is 6.80. The van der Waals surface area contributed by atoms with Crippen molar-refractivity contribution in [2.75, 3.05) is 0 Å². The molecule has 1 aromatic rings. The highest BCUT2D eigenvalue weighted by molar-refractivity contribution is 14.1. The van der Waals surface area contributed by atoms with Crippen LogP contribution < -0.4 is 0 Å². The fourth-order valence-electron chi connectivity index (χ4n) is 2.20. The summed E-state index contributed by atoms with van der Waals surface area (Å²) in [5, 5.41) is 0. The normalized spacial score (nSPS) is 18.4. The lowest BCUT2D eigenvalue weighted by Gasteiger charge is -2.22. The van der Waals surface area contributed by atoms with E-state index in [1.165, 1.54) is 45.7 Å². The maximum Gasteiger partial charge on any atom is 0.0309 e. The van der Waals surface area contributed by atoms with Crippen molar-refractivity contribution in [2.45, 2.75) is 38.0 Å². The molecule has 0 unspecified atom stereocenters. The van der Waals surface area contributed by atoms with Crippen LogP contribution in [0.1, 0.15) is 43.6 Å². The third-order valence-electron chi connectivity index (χ3n) is 3.02. The number of benzene rings is 1. The highest BCUT2D eigenvalue weighted by atomic mass is 127. The van der Waals surface area contributed by atoms with Crippen LogP contribution in [0.25, 0.3) is 0 Å². The monoisotopic (exact) mass is 364 g/mol. The van der Waals surface area contributed by atoms with Crippen LogP contribution in [-0.4, -0.2) is 0 Å². The van der Waals surface area contributed by atoms with Gasteiger partial charge in [-0.2, -0.15) is 0 Å². The van der Waals surface area contributed by atoms with Gasteiger partial charge in [0.05, 0.1) is 0 Å². The second-order valence-electron chi connectivity index (χ2n) is 4.01. The van der Waals surface area contributed by atoms with E-state index in [1.807, 2.05) is 0 Å².